The summed E-state index contributed by atoms with van der Waals surface area (Å²) in [5.41, 5.74) is 2.04. The lowest BCUT2D eigenvalue weighted by molar-refractivity contribution is -0.125. The van der Waals surface area contributed by atoms with Crippen LogP contribution in [-0.4, -0.2) is 53.5 Å². The first-order chi connectivity index (χ1) is 13.6. The molecule has 2 aromatic carbocycles. The Kier molecular flexibility index (Phi) is 5.30. The van der Waals surface area contributed by atoms with Gasteiger partial charge in [-0.3, -0.25) is 9.59 Å². The molecule has 2 aromatic rings. The molecule has 6 nitrogen and oxygen atoms in total. The molecule has 1 atom stereocenters. The number of hydrogen-bond acceptors (Lipinski definition) is 4. The second-order valence-electron chi connectivity index (χ2n) is 6.84. The molecule has 2 aliphatic rings. The summed E-state index contributed by atoms with van der Waals surface area (Å²) in [7, 11) is 0. The van der Waals surface area contributed by atoms with Gasteiger partial charge in [-0.1, -0.05) is 47.1 Å². The van der Waals surface area contributed by atoms with Crippen LogP contribution >= 0.6 is 11.6 Å². The van der Waals surface area contributed by atoms with Crippen molar-refractivity contribution < 1.29 is 14.4 Å². The van der Waals surface area contributed by atoms with Gasteiger partial charge in [-0.25, -0.2) is 0 Å². The molecular formula is C21H20ClN3O3. The molecular weight excluding hydrogens is 378 g/mol. The van der Waals surface area contributed by atoms with Gasteiger partial charge >= 0.3 is 0 Å². The minimum absolute atomic E-state index is 0.0468. The Bertz CT molecular complexity index is 891. The molecule has 0 radical (unpaired) electrons. The number of hydrogen-bond donors (Lipinski definition) is 0. The fraction of sp³-hybridized carbons (Fsp3) is 0.286. The first-order valence-corrected chi connectivity index (χ1v) is 9.61. The lowest BCUT2D eigenvalue weighted by atomic mass is 10.0. The fourth-order valence-electron chi connectivity index (χ4n) is 3.42. The van der Waals surface area contributed by atoms with Crippen LogP contribution in [0.4, 0.5) is 0 Å². The van der Waals surface area contributed by atoms with E-state index in [0.717, 1.165) is 5.56 Å². The van der Waals surface area contributed by atoms with Gasteiger partial charge in [0.2, 0.25) is 0 Å². The zero-order valence-electron chi connectivity index (χ0n) is 15.3. The van der Waals surface area contributed by atoms with E-state index < -0.39 is 0 Å². The molecule has 144 valence electrons. The summed E-state index contributed by atoms with van der Waals surface area (Å²) in [4.78, 5) is 34.3. The Balaban J connectivity index is 1.32. The van der Waals surface area contributed by atoms with E-state index in [1.807, 2.05) is 30.3 Å². The second-order valence-corrected chi connectivity index (χ2v) is 7.27. The standard InChI is InChI=1S/C21H20ClN3O3/c22-17-8-6-16(7-9-17)20(26)24-10-12-25(13-11-24)21(27)18-14-19(28-23-18)15-4-2-1-3-5-15/h1-9,19H,10-14H2. The monoisotopic (exact) mass is 397 g/mol. The first kappa shape index (κ1) is 18.5. The third-order valence-electron chi connectivity index (χ3n) is 5.03. The van der Waals surface area contributed by atoms with Crippen molar-refractivity contribution in [1.29, 1.82) is 0 Å². The number of nitrogens with zero attached hydrogens (tertiary/aromatic N) is 3. The summed E-state index contributed by atoms with van der Waals surface area (Å²) >= 11 is 5.88. The Labute approximate surface area is 168 Å². The molecule has 1 saturated heterocycles. The van der Waals surface area contributed by atoms with Crippen molar-refractivity contribution in [1.82, 2.24) is 9.80 Å². The third-order valence-corrected chi connectivity index (χ3v) is 5.28. The van der Waals surface area contributed by atoms with E-state index in [-0.39, 0.29) is 17.9 Å². The van der Waals surface area contributed by atoms with Crippen LogP contribution in [0.15, 0.2) is 59.8 Å². The molecule has 2 aliphatic heterocycles. The SMILES string of the molecule is O=C(C1=NOC(c2ccccc2)C1)N1CCN(C(=O)c2ccc(Cl)cc2)CC1. The smallest absolute Gasteiger partial charge is 0.271 e. The van der Waals surface area contributed by atoms with Crippen LogP contribution in [0.3, 0.4) is 0 Å². The van der Waals surface area contributed by atoms with Gasteiger partial charge in [-0.2, -0.15) is 0 Å². The van der Waals surface area contributed by atoms with E-state index in [9.17, 15) is 9.59 Å². The lowest BCUT2D eigenvalue weighted by Crippen LogP contribution is -2.52. The van der Waals surface area contributed by atoms with E-state index in [1.54, 1.807) is 34.1 Å². The highest BCUT2D eigenvalue weighted by Gasteiger charge is 2.32. The number of carbonyl (C=O) groups excluding carboxylic acids is 2. The average molecular weight is 398 g/mol. The molecule has 4 rings (SSSR count). The molecule has 0 aliphatic carbocycles. The number of piperazine rings is 1. The van der Waals surface area contributed by atoms with Gasteiger partial charge in [0.05, 0.1) is 0 Å². The van der Waals surface area contributed by atoms with E-state index in [4.69, 9.17) is 16.4 Å². The molecule has 1 unspecified atom stereocenters. The molecule has 0 saturated carbocycles. The van der Waals surface area contributed by atoms with Crippen LogP contribution in [-0.2, 0) is 9.63 Å². The minimum atomic E-state index is -0.215. The first-order valence-electron chi connectivity index (χ1n) is 9.23. The quantitative estimate of drug-likeness (QED) is 0.799. The highest BCUT2D eigenvalue weighted by molar-refractivity contribution is 6.39. The molecule has 28 heavy (non-hydrogen) atoms. The Morgan fingerprint density at radius 1 is 0.893 bits per heavy atom. The van der Waals surface area contributed by atoms with Crippen LogP contribution in [0.2, 0.25) is 5.02 Å². The molecule has 0 spiro atoms. The number of rotatable bonds is 3. The van der Waals surface area contributed by atoms with Crippen LogP contribution in [0.25, 0.3) is 0 Å². The van der Waals surface area contributed by atoms with Crippen molar-refractivity contribution in [2.24, 2.45) is 5.16 Å². The zero-order chi connectivity index (χ0) is 19.5. The van der Waals surface area contributed by atoms with Gasteiger partial charge in [0.15, 0.2) is 6.10 Å². The van der Waals surface area contributed by atoms with Crippen molar-refractivity contribution >= 4 is 29.1 Å². The van der Waals surface area contributed by atoms with Gasteiger partial charge in [0, 0.05) is 43.2 Å². The number of carbonyl (C=O) groups is 2. The Morgan fingerprint density at radius 3 is 2.14 bits per heavy atom. The second kappa shape index (κ2) is 8.02. The molecule has 0 bridgehead atoms. The van der Waals surface area contributed by atoms with Crippen LogP contribution < -0.4 is 0 Å². The lowest BCUT2D eigenvalue weighted by Gasteiger charge is -2.34. The van der Waals surface area contributed by atoms with Crippen LogP contribution in [0.1, 0.15) is 28.4 Å². The van der Waals surface area contributed by atoms with Crippen molar-refractivity contribution in [3.8, 4) is 0 Å². The highest BCUT2D eigenvalue weighted by Crippen LogP contribution is 2.27. The van der Waals surface area contributed by atoms with Crippen molar-refractivity contribution in [2.45, 2.75) is 12.5 Å². The summed E-state index contributed by atoms with van der Waals surface area (Å²) < 4.78 is 0. The Morgan fingerprint density at radius 2 is 1.50 bits per heavy atom. The van der Waals surface area contributed by atoms with E-state index in [2.05, 4.69) is 5.16 Å². The Hall–Kier alpha value is -2.86. The van der Waals surface area contributed by atoms with Crippen molar-refractivity contribution in [3.63, 3.8) is 0 Å². The fourth-order valence-corrected chi connectivity index (χ4v) is 3.55. The van der Waals surface area contributed by atoms with Crippen molar-refractivity contribution in [2.75, 3.05) is 26.2 Å². The molecule has 1 fully saturated rings. The molecule has 0 aromatic heterocycles. The third kappa shape index (κ3) is 3.87. The highest BCUT2D eigenvalue weighted by atomic mass is 35.5. The van der Waals surface area contributed by atoms with Gasteiger partial charge < -0.3 is 14.6 Å². The van der Waals surface area contributed by atoms with Gasteiger partial charge in [-0.15, -0.1) is 0 Å². The maximum atomic E-state index is 12.8. The topological polar surface area (TPSA) is 62.2 Å². The van der Waals surface area contributed by atoms with Crippen LogP contribution in [0, 0.1) is 0 Å². The maximum Gasteiger partial charge on any atom is 0.271 e. The summed E-state index contributed by atoms with van der Waals surface area (Å²) in [6, 6.07) is 16.6. The summed E-state index contributed by atoms with van der Waals surface area (Å²) in [6.07, 6.45) is 0.250. The number of amides is 2. The minimum Gasteiger partial charge on any atom is -0.387 e. The average Bonchev–Trinajstić information content (AvgIpc) is 3.24. The van der Waals surface area contributed by atoms with Crippen LogP contribution in [0.5, 0.6) is 0 Å². The summed E-state index contributed by atoms with van der Waals surface area (Å²) in [5.74, 6) is -0.161. The summed E-state index contributed by atoms with van der Waals surface area (Å²) in [5, 5.41) is 4.61. The maximum absolute atomic E-state index is 12.8. The predicted molar refractivity (Wildman–Crippen MR) is 106 cm³/mol. The number of halogens is 1. The number of oxime groups is 1. The van der Waals surface area contributed by atoms with Gasteiger partial charge in [0.25, 0.3) is 11.8 Å². The van der Waals surface area contributed by atoms with E-state index in [1.165, 1.54) is 0 Å². The normalized spacial score (nSPS) is 19.2. The van der Waals surface area contributed by atoms with E-state index in [0.29, 0.717) is 48.9 Å². The molecule has 2 heterocycles. The van der Waals surface area contributed by atoms with Gasteiger partial charge in [0.1, 0.15) is 5.71 Å². The number of benzene rings is 2. The van der Waals surface area contributed by atoms with E-state index >= 15 is 0 Å². The molecule has 7 heteroatoms. The summed E-state index contributed by atoms with van der Waals surface area (Å²) in [6.45, 7) is 1.94. The molecule has 2 amide bonds. The molecule has 0 N–H and O–H groups in total. The van der Waals surface area contributed by atoms with Gasteiger partial charge in [-0.05, 0) is 29.8 Å². The van der Waals surface area contributed by atoms with Crippen molar-refractivity contribution in [3.05, 3.63) is 70.7 Å². The largest absolute Gasteiger partial charge is 0.387 e. The predicted octanol–water partition coefficient (Wildman–Crippen LogP) is 3.14. The zero-order valence-corrected chi connectivity index (χ0v) is 16.0.